The first-order valence-corrected chi connectivity index (χ1v) is 8.54. The van der Waals surface area contributed by atoms with Crippen molar-refractivity contribution in [1.82, 2.24) is 0 Å². The van der Waals surface area contributed by atoms with Crippen LogP contribution in [0.25, 0.3) is 0 Å². The minimum Gasteiger partial charge on any atom is -0.229 e. The van der Waals surface area contributed by atoms with Crippen molar-refractivity contribution in [2.45, 2.75) is 49.4 Å². The van der Waals surface area contributed by atoms with Gasteiger partial charge in [0, 0.05) is 19.1 Å². The topological polar surface area (TPSA) is 34.1 Å². The Labute approximate surface area is 139 Å². The first kappa shape index (κ1) is 25.1. The summed E-state index contributed by atoms with van der Waals surface area (Å²) in [5.41, 5.74) is -6.08. The monoisotopic (exact) mass is 436 g/mol. The molecule has 0 aliphatic carbocycles. The molecule has 0 aromatic heterocycles. The molecule has 26 heavy (non-hydrogen) atoms. The number of sulfone groups is 1. The molecular weight excluding hydrogens is 424 g/mol. The van der Waals surface area contributed by atoms with Gasteiger partial charge in [-0.15, -0.1) is 0 Å². The van der Waals surface area contributed by atoms with Gasteiger partial charge in [-0.25, -0.2) is 12.8 Å². The summed E-state index contributed by atoms with van der Waals surface area (Å²) in [4.78, 5) is 0. The fourth-order valence-electron chi connectivity index (χ4n) is 1.93. The van der Waals surface area contributed by atoms with Gasteiger partial charge in [-0.2, -0.15) is 48.3 Å². The normalized spacial score (nSPS) is 16.7. The van der Waals surface area contributed by atoms with E-state index in [1.165, 1.54) is 0 Å². The second-order valence-electron chi connectivity index (χ2n) is 5.69. The summed E-state index contributed by atoms with van der Waals surface area (Å²) in [5, 5.41) is 0. The summed E-state index contributed by atoms with van der Waals surface area (Å²) >= 11 is 0. The highest BCUT2D eigenvalue weighted by molar-refractivity contribution is 7.90. The highest BCUT2D eigenvalue weighted by Crippen LogP contribution is 2.52. The van der Waals surface area contributed by atoms with Crippen molar-refractivity contribution in [1.29, 1.82) is 0 Å². The van der Waals surface area contributed by atoms with Crippen molar-refractivity contribution in [3.63, 3.8) is 0 Å². The van der Waals surface area contributed by atoms with Gasteiger partial charge in [-0.05, 0) is 12.3 Å². The highest BCUT2D eigenvalue weighted by atomic mass is 32.2. The first-order valence-electron chi connectivity index (χ1n) is 6.48. The molecule has 0 radical (unpaired) electrons. The van der Waals surface area contributed by atoms with Crippen molar-refractivity contribution in [3.8, 4) is 0 Å². The van der Waals surface area contributed by atoms with Crippen molar-refractivity contribution in [2.75, 3.05) is 12.0 Å². The van der Waals surface area contributed by atoms with Crippen LogP contribution < -0.4 is 0 Å². The molecule has 0 spiro atoms. The Morgan fingerprint density at radius 3 is 1.35 bits per heavy atom. The Bertz CT molecular complexity index is 557. The van der Waals surface area contributed by atoms with Gasteiger partial charge in [0.25, 0.3) is 5.67 Å². The second kappa shape index (κ2) is 7.26. The van der Waals surface area contributed by atoms with Crippen molar-refractivity contribution < 1.29 is 61.1 Å². The van der Waals surface area contributed by atoms with Gasteiger partial charge in [0.2, 0.25) is 0 Å². The molecule has 0 saturated heterocycles. The third-order valence-electron chi connectivity index (χ3n) is 3.33. The summed E-state index contributed by atoms with van der Waals surface area (Å²) in [6.07, 6.45) is -26.2. The number of alkyl halides is 12. The van der Waals surface area contributed by atoms with Gasteiger partial charge in [-0.1, -0.05) is 0 Å². The van der Waals surface area contributed by atoms with Crippen LogP contribution in [0.15, 0.2) is 0 Å². The Balaban J connectivity index is 5.86. The maximum Gasteiger partial charge on any atom is 0.453 e. The molecule has 1 unspecified atom stereocenters. The Hall–Kier alpha value is -0.890. The molecule has 0 aromatic carbocycles. The van der Waals surface area contributed by atoms with Crippen LogP contribution in [0.1, 0.15) is 19.3 Å². The van der Waals surface area contributed by atoms with E-state index in [9.17, 15) is 61.1 Å². The predicted molar refractivity (Wildman–Crippen MR) is 64.0 cm³/mol. The predicted octanol–water partition coefficient (Wildman–Crippen LogP) is 4.85. The fourth-order valence-corrected chi connectivity index (χ4v) is 2.69. The lowest BCUT2D eigenvalue weighted by Gasteiger charge is -2.34. The maximum atomic E-state index is 13.6. The minimum atomic E-state index is -6.66. The van der Waals surface area contributed by atoms with Crippen molar-refractivity contribution >= 4 is 9.84 Å². The van der Waals surface area contributed by atoms with Gasteiger partial charge in [0.1, 0.15) is 9.84 Å². The molecular formula is C11H12F12O2S. The SMILES string of the molecule is CS(=O)(=O)CCC(CC(F)(F)C(F)(F)F)CC(F)(C(F)(F)F)C(F)(F)F. The fraction of sp³-hybridized carbons (Fsp3) is 1.00. The van der Waals surface area contributed by atoms with E-state index >= 15 is 0 Å². The van der Waals surface area contributed by atoms with E-state index in [-0.39, 0.29) is 0 Å². The summed E-state index contributed by atoms with van der Waals surface area (Å²) in [5.74, 6) is -9.93. The minimum absolute atomic E-state index is 0.419. The lowest BCUT2D eigenvalue weighted by molar-refractivity contribution is -0.348. The lowest BCUT2D eigenvalue weighted by Crippen LogP contribution is -2.54. The van der Waals surface area contributed by atoms with Gasteiger partial charge in [-0.3, -0.25) is 0 Å². The third-order valence-corrected chi connectivity index (χ3v) is 4.30. The Morgan fingerprint density at radius 1 is 0.692 bits per heavy atom. The van der Waals surface area contributed by atoms with E-state index in [4.69, 9.17) is 0 Å². The molecule has 0 fully saturated rings. The van der Waals surface area contributed by atoms with E-state index in [1.807, 2.05) is 0 Å². The van der Waals surface area contributed by atoms with Crippen LogP contribution in [-0.4, -0.2) is 50.5 Å². The van der Waals surface area contributed by atoms with Crippen LogP contribution in [0.4, 0.5) is 52.7 Å². The number of hydrogen-bond acceptors (Lipinski definition) is 2. The molecule has 0 amide bonds. The summed E-state index contributed by atoms with van der Waals surface area (Å²) in [7, 11) is -4.15. The van der Waals surface area contributed by atoms with E-state index in [0.29, 0.717) is 6.26 Å². The summed E-state index contributed by atoms with van der Waals surface area (Å²) < 4.78 is 173. The number of hydrogen-bond donors (Lipinski definition) is 0. The van der Waals surface area contributed by atoms with Crippen LogP contribution >= 0.6 is 0 Å². The van der Waals surface area contributed by atoms with Crippen LogP contribution in [0, 0.1) is 5.92 Å². The molecule has 0 aliphatic heterocycles. The van der Waals surface area contributed by atoms with Gasteiger partial charge in [0.15, 0.2) is 0 Å². The number of rotatable bonds is 7. The third kappa shape index (κ3) is 6.37. The van der Waals surface area contributed by atoms with Crippen LogP contribution in [0.2, 0.25) is 0 Å². The number of halogens is 12. The molecule has 1 atom stereocenters. The molecule has 0 saturated carbocycles. The first-order chi connectivity index (χ1) is 11.0. The van der Waals surface area contributed by atoms with Crippen molar-refractivity contribution in [2.24, 2.45) is 5.92 Å². The molecule has 0 aliphatic rings. The zero-order valence-corrected chi connectivity index (χ0v) is 13.5. The Kier molecular flexibility index (Phi) is 7.01. The van der Waals surface area contributed by atoms with Crippen LogP contribution in [0.3, 0.4) is 0 Å². The maximum absolute atomic E-state index is 13.6. The average Bonchev–Trinajstić information content (AvgIpc) is 2.30. The van der Waals surface area contributed by atoms with E-state index < -0.39 is 70.9 Å². The second-order valence-corrected chi connectivity index (χ2v) is 7.95. The smallest absolute Gasteiger partial charge is 0.229 e. The van der Waals surface area contributed by atoms with Gasteiger partial charge >= 0.3 is 24.5 Å². The zero-order valence-electron chi connectivity index (χ0n) is 12.7. The van der Waals surface area contributed by atoms with E-state index in [0.717, 1.165) is 0 Å². The van der Waals surface area contributed by atoms with E-state index in [1.54, 1.807) is 0 Å². The van der Waals surface area contributed by atoms with Gasteiger partial charge < -0.3 is 0 Å². The largest absolute Gasteiger partial charge is 0.453 e. The molecule has 158 valence electrons. The average molecular weight is 436 g/mol. The van der Waals surface area contributed by atoms with E-state index in [2.05, 4.69) is 0 Å². The van der Waals surface area contributed by atoms with Crippen LogP contribution in [-0.2, 0) is 9.84 Å². The lowest BCUT2D eigenvalue weighted by atomic mass is 9.85. The standard InChI is InChI=1S/C11H12F12O2S/c1-26(24,25)3-2-6(5-8(13,14)11(21,22)23)4-7(12,9(15,16)17)10(18,19)20/h6H,2-5H2,1H3. The molecule has 0 aromatic rings. The summed E-state index contributed by atoms with van der Waals surface area (Å²) in [6.45, 7) is 0. The molecule has 15 heteroatoms. The summed E-state index contributed by atoms with van der Waals surface area (Å²) in [6, 6.07) is 0. The molecule has 2 nitrogen and oxygen atoms in total. The van der Waals surface area contributed by atoms with Gasteiger partial charge in [0.05, 0.1) is 5.75 Å². The zero-order chi connectivity index (χ0) is 21.4. The van der Waals surface area contributed by atoms with Crippen molar-refractivity contribution in [3.05, 3.63) is 0 Å². The molecule has 0 bridgehead atoms. The molecule has 0 rings (SSSR count). The highest BCUT2D eigenvalue weighted by Gasteiger charge is 2.73. The quantitative estimate of drug-likeness (QED) is 0.535. The Morgan fingerprint density at radius 2 is 1.08 bits per heavy atom. The molecule has 0 N–H and O–H groups in total. The van der Waals surface area contributed by atoms with Crippen LogP contribution in [0.5, 0.6) is 0 Å². The molecule has 0 heterocycles.